The molecule has 2 N–H and O–H groups in total. The van der Waals surface area contributed by atoms with E-state index in [1.165, 1.54) is 5.56 Å². The molecule has 0 radical (unpaired) electrons. The van der Waals surface area contributed by atoms with Crippen molar-refractivity contribution in [3.63, 3.8) is 0 Å². The number of benzene rings is 1. The fourth-order valence-corrected chi connectivity index (χ4v) is 2.76. The third kappa shape index (κ3) is 3.97. The quantitative estimate of drug-likeness (QED) is 0.877. The molecular weight excluding hydrogens is 292 g/mol. The Morgan fingerprint density at radius 2 is 2.06 bits per heavy atom. The van der Waals surface area contributed by atoms with Crippen LogP contribution in [0.1, 0.15) is 19.4 Å². The summed E-state index contributed by atoms with van der Waals surface area (Å²) in [6.07, 6.45) is 0. The van der Waals surface area contributed by atoms with E-state index < -0.39 is 0 Å². The minimum atomic E-state index is 0.408. The van der Waals surface area contributed by atoms with Gasteiger partial charge >= 0.3 is 0 Å². The lowest BCUT2D eigenvalue weighted by molar-refractivity contribution is 0.190. The van der Waals surface area contributed by atoms with Crippen LogP contribution in [0.2, 0.25) is 0 Å². The molecule has 0 bridgehead atoms. The molecule has 0 aliphatic rings. The smallest absolute Gasteiger partial charge is 0.133 e. The number of methoxy groups -OCH3 is 1. The molecule has 0 saturated heterocycles. The summed E-state index contributed by atoms with van der Waals surface area (Å²) in [4.78, 5) is 2.30. The van der Waals surface area contributed by atoms with Gasteiger partial charge in [-0.15, -0.1) is 0 Å². The Morgan fingerprint density at radius 3 is 2.50 bits per heavy atom. The molecule has 0 aliphatic heterocycles. The average molecular weight is 315 g/mol. The molecule has 0 saturated carbocycles. The first kappa shape index (κ1) is 15.5. The van der Waals surface area contributed by atoms with Gasteiger partial charge in [-0.25, -0.2) is 0 Å². The Kier molecular flexibility index (Phi) is 6.12. The largest absolute Gasteiger partial charge is 0.496 e. The van der Waals surface area contributed by atoms with Crippen molar-refractivity contribution in [3.8, 4) is 5.75 Å². The number of nitrogens with zero attached hydrogens (tertiary/aromatic N) is 1. The second-order valence-corrected chi connectivity index (χ2v) is 5.79. The van der Waals surface area contributed by atoms with E-state index in [1.54, 1.807) is 7.11 Å². The molecule has 4 heteroatoms. The summed E-state index contributed by atoms with van der Waals surface area (Å²) in [5.41, 5.74) is 7.09. The molecule has 0 aliphatic carbocycles. The third-order valence-electron chi connectivity index (χ3n) is 3.23. The average Bonchev–Trinajstić information content (AvgIpc) is 2.29. The highest BCUT2D eigenvalue weighted by Gasteiger charge is 2.17. The Balaban J connectivity index is 2.75. The number of likely N-dealkylation sites (N-methyl/N-ethyl adjacent to an activating group) is 1. The van der Waals surface area contributed by atoms with Crippen molar-refractivity contribution in [2.24, 2.45) is 11.7 Å². The van der Waals surface area contributed by atoms with Crippen LogP contribution in [0.5, 0.6) is 5.75 Å². The first-order chi connectivity index (χ1) is 8.49. The van der Waals surface area contributed by atoms with E-state index in [2.05, 4.69) is 53.9 Å². The predicted molar refractivity (Wildman–Crippen MR) is 79.8 cm³/mol. The summed E-state index contributed by atoms with van der Waals surface area (Å²) in [5.74, 6) is 1.42. The van der Waals surface area contributed by atoms with Crippen molar-refractivity contribution >= 4 is 15.9 Å². The lowest BCUT2D eigenvalue weighted by atomic mass is 10.0. The molecule has 0 spiro atoms. The standard InChI is InChI=1S/C14H23BrN2O/c1-10(2)13(8-16)17(3)9-11-5-6-14(18-4)12(15)7-11/h5-7,10,13H,8-9,16H2,1-4H3. The van der Waals surface area contributed by atoms with Crippen LogP contribution >= 0.6 is 15.9 Å². The Bertz CT molecular complexity index is 382. The van der Waals surface area contributed by atoms with E-state index in [1.807, 2.05) is 6.07 Å². The van der Waals surface area contributed by atoms with Gasteiger partial charge in [0.1, 0.15) is 5.75 Å². The zero-order chi connectivity index (χ0) is 13.7. The van der Waals surface area contributed by atoms with Gasteiger partial charge in [0.05, 0.1) is 11.6 Å². The molecule has 1 atom stereocenters. The van der Waals surface area contributed by atoms with E-state index >= 15 is 0 Å². The molecule has 1 aromatic rings. The maximum absolute atomic E-state index is 5.83. The molecule has 3 nitrogen and oxygen atoms in total. The van der Waals surface area contributed by atoms with Gasteiger partial charge in [0.2, 0.25) is 0 Å². The van der Waals surface area contributed by atoms with Crippen LogP contribution in [0.4, 0.5) is 0 Å². The van der Waals surface area contributed by atoms with E-state index in [0.29, 0.717) is 18.5 Å². The van der Waals surface area contributed by atoms with Gasteiger partial charge in [0.25, 0.3) is 0 Å². The van der Waals surface area contributed by atoms with Crippen molar-refractivity contribution < 1.29 is 4.74 Å². The predicted octanol–water partition coefficient (Wildman–Crippen LogP) is 2.87. The van der Waals surface area contributed by atoms with Crippen molar-refractivity contribution in [1.29, 1.82) is 0 Å². The van der Waals surface area contributed by atoms with Crippen molar-refractivity contribution in [3.05, 3.63) is 28.2 Å². The number of hydrogen-bond acceptors (Lipinski definition) is 3. The highest BCUT2D eigenvalue weighted by Crippen LogP contribution is 2.26. The van der Waals surface area contributed by atoms with E-state index in [-0.39, 0.29) is 0 Å². The monoisotopic (exact) mass is 314 g/mol. The molecule has 1 aromatic carbocycles. The first-order valence-electron chi connectivity index (χ1n) is 6.22. The highest BCUT2D eigenvalue weighted by atomic mass is 79.9. The van der Waals surface area contributed by atoms with Crippen LogP contribution in [-0.4, -0.2) is 31.6 Å². The molecule has 0 amide bonds. The molecule has 0 fully saturated rings. The third-order valence-corrected chi connectivity index (χ3v) is 3.85. The number of hydrogen-bond donors (Lipinski definition) is 1. The van der Waals surface area contributed by atoms with E-state index in [0.717, 1.165) is 16.8 Å². The van der Waals surface area contributed by atoms with Gasteiger partial charge in [-0.05, 0) is 46.6 Å². The Morgan fingerprint density at radius 1 is 1.39 bits per heavy atom. The lowest BCUT2D eigenvalue weighted by Gasteiger charge is -2.30. The van der Waals surface area contributed by atoms with Gasteiger partial charge in [-0.1, -0.05) is 19.9 Å². The highest BCUT2D eigenvalue weighted by molar-refractivity contribution is 9.10. The number of ether oxygens (including phenoxy) is 1. The molecule has 102 valence electrons. The van der Waals surface area contributed by atoms with Crippen LogP contribution in [0.15, 0.2) is 22.7 Å². The van der Waals surface area contributed by atoms with E-state index in [4.69, 9.17) is 10.5 Å². The SMILES string of the molecule is COc1ccc(CN(C)C(CN)C(C)C)cc1Br. The van der Waals surface area contributed by atoms with Crippen molar-refractivity contribution in [2.45, 2.75) is 26.4 Å². The summed E-state index contributed by atoms with van der Waals surface area (Å²) in [7, 11) is 3.80. The van der Waals surface area contributed by atoms with Crippen LogP contribution in [0, 0.1) is 5.92 Å². The molecular formula is C14H23BrN2O. The second kappa shape index (κ2) is 7.12. The fourth-order valence-electron chi connectivity index (χ4n) is 2.17. The first-order valence-corrected chi connectivity index (χ1v) is 7.01. The van der Waals surface area contributed by atoms with Crippen LogP contribution in [-0.2, 0) is 6.54 Å². The summed E-state index contributed by atoms with van der Waals surface area (Å²) < 4.78 is 6.22. The minimum absolute atomic E-state index is 0.408. The van der Waals surface area contributed by atoms with Crippen LogP contribution in [0.3, 0.4) is 0 Å². The van der Waals surface area contributed by atoms with Gasteiger partial charge < -0.3 is 10.5 Å². The Hall–Kier alpha value is -0.580. The zero-order valence-electron chi connectivity index (χ0n) is 11.6. The molecule has 1 unspecified atom stereocenters. The number of rotatable bonds is 6. The van der Waals surface area contributed by atoms with Gasteiger partial charge in [-0.3, -0.25) is 4.90 Å². The minimum Gasteiger partial charge on any atom is -0.496 e. The van der Waals surface area contributed by atoms with Crippen molar-refractivity contribution in [1.82, 2.24) is 4.90 Å². The van der Waals surface area contributed by atoms with Crippen molar-refractivity contribution in [2.75, 3.05) is 20.7 Å². The number of nitrogens with two attached hydrogens (primary N) is 1. The Labute approximate surface area is 118 Å². The van der Waals surface area contributed by atoms with Gasteiger partial charge in [-0.2, -0.15) is 0 Å². The summed E-state index contributed by atoms with van der Waals surface area (Å²) in [6.45, 7) is 5.99. The second-order valence-electron chi connectivity index (χ2n) is 4.93. The van der Waals surface area contributed by atoms with Crippen LogP contribution < -0.4 is 10.5 Å². The topological polar surface area (TPSA) is 38.5 Å². The maximum Gasteiger partial charge on any atom is 0.133 e. The normalized spacial score (nSPS) is 13.1. The molecule has 18 heavy (non-hydrogen) atoms. The lowest BCUT2D eigenvalue weighted by Crippen LogP contribution is -2.41. The summed E-state index contributed by atoms with van der Waals surface area (Å²) in [5, 5.41) is 0. The molecule has 1 rings (SSSR count). The molecule has 0 aromatic heterocycles. The molecule has 0 heterocycles. The maximum atomic E-state index is 5.83. The summed E-state index contributed by atoms with van der Waals surface area (Å²) in [6, 6.07) is 6.59. The van der Waals surface area contributed by atoms with Gasteiger partial charge in [0.15, 0.2) is 0 Å². The van der Waals surface area contributed by atoms with Crippen LogP contribution in [0.25, 0.3) is 0 Å². The van der Waals surface area contributed by atoms with E-state index in [9.17, 15) is 0 Å². The zero-order valence-corrected chi connectivity index (χ0v) is 13.2. The number of halogens is 1. The van der Waals surface area contributed by atoms with Gasteiger partial charge in [0, 0.05) is 19.1 Å². The fraction of sp³-hybridized carbons (Fsp3) is 0.571. The summed E-state index contributed by atoms with van der Waals surface area (Å²) >= 11 is 3.51.